The van der Waals surface area contributed by atoms with E-state index >= 15 is 0 Å². The van der Waals surface area contributed by atoms with Crippen LogP contribution in [0.4, 0.5) is 5.69 Å². The first-order valence-corrected chi connectivity index (χ1v) is 7.96. The number of rotatable bonds is 2. The van der Waals surface area contributed by atoms with Gasteiger partial charge in [0.05, 0.1) is 18.8 Å². The molecule has 1 heterocycles. The zero-order valence-electron chi connectivity index (χ0n) is 11.1. The molecule has 2 atom stereocenters. The third-order valence-electron chi connectivity index (χ3n) is 4.34. The number of morpholine rings is 1. The Morgan fingerprint density at radius 2 is 2.16 bits per heavy atom. The van der Waals surface area contributed by atoms with Gasteiger partial charge in [0.15, 0.2) is 0 Å². The summed E-state index contributed by atoms with van der Waals surface area (Å²) in [7, 11) is 0. The highest BCUT2D eigenvalue weighted by molar-refractivity contribution is 9.10. The van der Waals surface area contributed by atoms with Crippen molar-refractivity contribution in [2.24, 2.45) is 5.73 Å². The molecule has 1 saturated carbocycles. The predicted molar refractivity (Wildman–Crippen MR) is 81.4 cm³/mol. The molecule has 3 nitrogen and oxygen atoms in total. The molecule has 4 heteroatoms. The summed E-state index contributed by atoms with van der Waals surface area (Å²) in [5.41, 5.74) is 8.44. The Kier molecular flexibility index (Phi) is 4.10. The maximum Gasteiger partial charge on any atom is 0.0779 e. The molecular weight excluding hydrogens is 304 g/mol. The van der Waals surface area contributed by atoms with Crippen molar-refractivity contribution in [1.29, 1.82) is 0 Å². The van der Waals surface area contributed by atoms with Crippen molar-refractivity contribution < 1.29 is 4.74 Å². The minimum absolute atomic E-state index is 0.409. The van der Waals surface area contributed by atoms with E-state index in [1.165, 1.54) is 36.9 Å². The van der Waals surface area contributed by atoms with Crippen molar-refractivity contribution in [2.45, 2.75) is 44.4 Å². The van der Waals surface area contributed by atoms with Gasteiger partial charge in [0.2, 0.25) is 0 Å². The van der Waals surface area contributed by atoms with Crippen LogP contribution in [0.2, 0.25) is 0 Å². The number of hydrogen-bond acceptors (Lipinski definition) is 3. The van der Waals surface area contributed by atoms with E-state index in [0.29, 0.717) is 18.7 Å². The maximum absolute atomic E-state index is 5.95. The Hall–Kier alpha value is -0.580. The summed E-state index contributed by atoms with van der Waals surface area (Å²) in [4.78, 5) is 2.53. The first-order valence-electron chi connectivity index (χ1n) is 7.17. The van der Waals surface area contributed by atoms with Crippen LogP contribution in [-0.2, 0) is 11.3 Å². The molecule has 2 unspecified atom stereocenters. The molecule has 1 aliphatic heterocycles. The number of nitrogens with two attached hydrogens (primary N) is 1. The lowest BCUT2D eigenvalue weighted by Crippen LogP contribution is -2.53. The third-order valence-corrected chi connectivity index (χ3v) is 5.08. The highest BCUT2D eigenvalue weighted by Gasteiger charge is 2.35. The van der Waals surface area contributed by atoms with Crippen LogP contribution in [0.25, 0.3) is 0 Å². The number of hydrogen-bond donors (Lipinski definition) is 1. The number of nitrogens with zero attached hydrogens (tertiary/aromatic N) is 1. The summed E-state index contributed by atoms with van der Waals surface area (Å²) in [5, 5.41) is 0. The molecule has 2 aliphatic rings. The number of anilines is 1. The van der Waals surface area contributed by atoms with Gasteiger partial charge in [0.1, 0.15) is 0 Å². The van der Waals surface area contributed by atoms with Crippen molar-refractivity contribution in [2.75, 3.05) is 18.1 Å². The summed E-state index contributed by atoms with van der Waals surface area (Å²) >= 11 is 3.62. The van der Waals surface area contributed by atoms with Gasteiger partial charge >= 0.3 is 0 Å². The van der Waals surface area contributed by atoms with E-state index in [9.17, 15) is 0 Å². The maximum atomic E-state index is 5.95. The zero-order valence-corrected chi connectivity index (χ0v) is 12.7. The van der Waals surface area contributed by atoms with Crippen molar-refractivity contribution >= 4 is 21.6 Å². The van der Waals surface area contributed by atoms with Crippen molar-refractivity contribution in [1.82, 2.24) is 0 Å². The molecule has 0 bridgehead atoms. The number of halogens is 1. The van der Waals surface area contributed by atoms with E-state index in [1.54, 1.807) is 0 Å². The van der Waals surface area contributed by atoms with Crippen LogP contribution in [0.3, 0.4) is 0 Å². The van der Waals surface area contributed by atoms with Gasteiger partial charge in [-0.3, -0.25) is 0 Å². The van der Waals surface area contributed by atoms with E-state index in [2.05, 4.69) is 39.0 Å². The largest absolute Gasteiger partial charge is 0.374 e. The van der Waals surface area contributed by atoms with Gasteiger partial charge in [-0.15, -0.1) is 0 Å². The Bertz CT molecular complexity index is 450. The van der Waals surface area contributed by atoms with Crippen LogP contribution in [0.1, 0.15) is 31.2 Å². The molecule has 2 N–H and O–H groups in total. The normalized spacial score (nSPS) is 27.2. The SMILES string of the molecule is NCc1c(Br)cccc1N1CCOC2CCCCC21. The molecule has 1 aliphatic carbocycles. The Balaban J connectivity index is 1.94. The minimum atomic E-state index is 0.409. The lowest BCUT2D eigenvalue weighted by atomic mass is 9.89. The zero-order chi connectivity index (χ0) is 13.2. The average molecular weight is 325 g/mol. The molecule has 1 saturated heterocycles. The Morgan fingerprint density at radius 1 is 1.32 bits per heavy atom. The van der Waals surface area contributed by atoms with Crippen molar-refractivity contribution in [3.05, 3.63) is 28.2 Å². The van der Waals surface area contributed by atoms with Gasteiger partial charge in [-0.1, -0.05) is 34.8 Å². The molecule has 0 spiro atoms. The molecule has 0 radical (unpaired) electrons. The average Bonchev–Trinajstić information content (AvgIpc) is 2.46. The van der Waals surface area contributed by atoms with E-state index in [-0.39, 0.29) is 0 Å². The first kappa shape index (κ1) is 13.4. The molecular formula is C15H21BrN2O. The van der Waals surface area contributed by atoms with Crippen LogP contribution in [0.5, 0.6) is 0 Å². The Morgan fingerprint density at radius 3 is 3.00 bits per heavy atom. The monoisotopic (exact) mass is 324 g/mol. The molecule has 0 amide bonds. The topological polar surface area (TPSA) is 38.5 Å². The second-order valence-electron chi connectivity index (χ2n) is 5.40. The third kappa shape index (κ3) is 2.54. The van der Waals surface area contributed by atoms with E-state index in [0.717, 1.165) is 17.6 Å². The molecule has 2 fully saturated rings. The fourth-order valence-corrected chi connectivity index (χ4v) is 3.93. The number of ether oxygens (including phenoxy) is 1. The van der Waals surface area contributed by atoms with Gasteiger partial charge in [-0.2, -0.15) is 0 Å². The minimum Gasteiger partial charge on any atom is -0.374 e. The van der Waals surface area contributed by atoms with E-state index < -0.39 is 0 Å². The molecule has 1 aromatic rings. The fourth-order valence-electron chi connectivity index (χ4n) is 3.41. The van der Waals surface area contributed by atoms with Crippen LogP contribution >= 0.6 is 15.9 Å². The van der Waals surface area contributed by atoms with Gasteiger partial charge in [-0.05, 0) is 25.0 Å². The van der Waals surface area contributed by atoms with Gasteiger partial charge < -0.3 is 15.4 Å². The molecule has 104 valence electrons. The second kappa shape index (κ2) is 5.81. The smallest absolute Gasteiger partial charge is 0.0779 e. The molecule has 1 aromatic carbocycles. The summed E-state index contributed by atoms with van der Waals surface area (Å²) in [6.07, 6.45) is 5.46. The van der Waals surface area contributed by atoms with Crippen molar-refractivity contribution in [3.8, 4) is 0 Å². The Labute approximate surface area is 123 Å². The summed E-state index contributed by atoms with van der Waals surface area (Å²) in [5.74, 6) is 0. The quantitative estimate of drug-likeness (QED) is 0.908. The summed E-state index contributed by atoms with van der Waals surface area (Å²) in [6, 6.07) is 6.91. The summed E-state index contributed by atoms with van der Waals surface area (Å²) in [6.45, 7) is 2.38. The van der Waals surface area contributed by atoms with Crippen LogP contribution in [0, 0.1) is 0 Å². The standard InChI is InChI=1S/C15H21BrN2O/c16-12-4-3-6-13(11(12)10-17)18-8-9-19-15-7-2-1-5-14(15)18/h3-4,6,14-15H,1-2,5,7-10,17H2. The molecule has 19 heavy (non-hydrogen) atoms. The fraction of sp³-hybridized carbons (Fsp3) is 0.600. The second-order valence-corrected chi connectivity index (χ2v) is 6.25. The lowest BCUT2D eigenvalue weighted by Gasteiger charge is -2.45. The van der Waals surface area contributed by atoms with Crippen LogP contribution in [0.15, 0.2) is 22.7 Å². The van der Waals surface area contributed by atoms with Crippen LogP contribution < -0.4 is 10.6 Å². The van der Waals surface area contributed by atoms with Gasteiger partial charge in [-0.25, -0.2) is 0 Å². The highest BCUT2D eigenvalue weighted by atomic mass is 79.9. The van der Waals surface area contributed by atoms with Crippen LogP contribution in [-0.4, -0.2) is 25.3 Å². The van der Waals surface area contributed by atoms with Gasteiger partial charge in [0.25, 0.3) is 0 Å². The van der Waals surface area contributed by atoms with E-state index in [4.69, 9.17) is 10.5 Å². The summed E-state index contributed by atoms with van der Waals surface area (Å²) < 4.78 is 7.07. The van der Waals surface area contributed by atoms with E-state index in [1.807, 2.05) is 0 Å². The van der Waals surface area contributed by atoms with Crippen molar-refractivity contribution in [3.63, 3.8) is 0 Å². The first-order chi connectivity index (χ1) is 9.31. The molecule has 3 rings (SSSR count). The lowest BCUT2D eigenvalue weighted by molar-refractivity contribution is -0.00873. The predicted octanol–water partition coefficient (Wildman–Crippen LogP) is 3.06. The highest BCUT2D eigenvalue weighted by Crippen LogP contribution is 2.35. The molecule has 0 aromatic heterocycles. The number of benzene rings is 1. The van der Waals surface area contributed by atoms with Gasteiger partial charge in [0, 0.05) is 28.8 Å². The number of fused-ring (bicyclic) bond motifs is 1.